The minimum absolute atomic E-state index is 0.694. The third kappa shape index (κ3) is 4.34. The number of thiazole rings is 1. The second-order valence-electron chi connectivity index (χ2n) is 5.39. The van der Waals surface area contributed by atoms with Gasteiger partial charge in [-0.05, 0) is 46.2 Å². The van der Waals surface area contributed by atoms with Gasteiger partial charge < -0.3 is 10.2 Å². The topological polar surface area (TPSA) is 28.2 Å². The van der Waals surface area contributed by atoms with Gasteiger partial charge in [0, 0.05) is 36.6 Å². The van der Waals surface area contributed by atoms with E-state index in [1.807, 2.05) is 6.20 Å². The van der Waals surface area contributed by atoms with E-state index in [0.29, 0.717) is 12.1 Å². The molecule has 0 bridgehead atoms. The van der Waals surface area contributed by atoms with Gasteiger partial charge in [0.2, 0.25) is 0 Å². The zero-order valence-corrected chi connectivity index (χ0v) is 12.4. The highest BCUT2D eigenvalue weighted by atomic mass is 32.1. The third-order valence-corrected chi connectivity index (χ3v) is 4.59. The van der Waals surface area contributed by atoms with Gasteiger partial charge in [-0.1, -0.05) is 0 Å². The summed E-state index contributed by atoms with van der Waals surface area (Å²) < 4.78 is 0. The van der Waals surface area contributed by atoms with E-state index >= 15 is 0 Å². The van der Waals surface area contributed by atoms with Crippen molar-refractivity contribution in [2.24, 2.45) is 0 Å². The maximum absolute atomic E-state index is 4.32. The van der Waals surface area contributed by atoms with E-state index in [2.05, 4.69) is 34.4 Å². The molecule has 2 heterocycles. The summed E-state index contributed by atoms with van der Waals surface area (Å²) >= 11 is 1.76. The molecule has 2 rings (SSSR count). The van der Waals surface area contributed by atoms with Crippen molar-refractivity contribution in [1.29, 1.82) is 0 Å². The number of nitrogens with one attached hydrogen (secondary N) is 1. The van der Waals surface area contributed by atoms with Gasteiger partial charge in [-0.3, -0.25) is 0 Å². The van der Waals surface area contributed by atoms with E-state index in [4.69, 9.17) is 0 Å². The van der Waals surface area contributed by atoms with Crippen LogP contribution in [0.5, 0.6) is 0 Å². The van der Waals surface area contributed by atoms with Crippen LogP contribution in [0, 0.1) is 0 Å². The van der Waals surface area contributed by atoms with E-state index in [0.717, 1.165) is 13.0 Å². The average molecular weight is 267 g/mol. The summed E-state index contributed by atoms with van der Waals surface area (Å²) in [6, 6.07) is 1.40. The van der Waals surface area contributed by atoms with E-state index in [9.17, 15) is 0 Å². The highest BCUT2D eigenvalue weighted by molar-refractivity contribution is 7.09. The van der Waals surface area contributed by atoms with Gasteiger partial charge in [0.1, 0.15) is 0 Å². The molecular weight excluding hydrogens is 242 g/mol. The second-order valence-corrected chi connectivity index (χ2v) is 6.37. The lowest BCUT2D eigenvalue weighted by Crippen LogP contribution is -2.34. The molecule has 0 saturated carbocycles. The minimum atomic E-state index is 0.694. The number of nitrogens with zero attached hydrogens (tertiary/aromatic N) is 2. The van der Waals surface area contributed by atoms with Crippen LogP contribution in [-0.4, -0.2) is 41.6 Å². The molecule has 4 heteroatoms. The highest BCUT2D eigenvalue weighted by Crippen LogP contribution is 2.13. The molecule has 0 aromatic carbocycles. The fourth-order valence-electron chi connectivity index (χ4n) is 2.60. The molecule has 18 heavy (non-hydrogen) atoms. The fraction of sp³-hybridized carbons (Fsp3) is 0.786. The van der Waals surface area contributed by atoms with Crippen LogP contribution in [0.3, 0.4) is 0 Å². The van der Waals surface area contributed by atoms with E-state index in [1.54, 1.807) is 11.3 Å². The first kappa shape index (κ1) is 14.0. The molecule has 1 aromatic rings. The molecule has 1 fully saturated rings. The molecule has 3 nitrogen and oxygen atoms in total. The van der Waals surface area contributed by atoms with Gasteiger partial charge in [0.25, 0.3) is 0 Å². The van der Waals surface area contributed by atoms with E-state index in [1.165, 1.54) is 37.4 Å². The van der Waals surface area contributed by atoms with Crippen LogP contribution in [0.2, 0.25) is 0 Å². The maximum Gasteiger partial charge on any atom is 0.0937 e. The average Bonchev–Trinajstić information content (AvgIpc) is 2.73. The van der Waals surface area contributed by atoms with Crippen LogP contribution in [0.1, 0.15) is 38.1 Å². The number of hydrogen-bond donors (Lipinski definition) is 1. The zero-order chi connectivity index (χ0) is 12.8. The van der Waals surface area contributed by atoms with E-state index in [-0.39, 0.29) is 0 Å². The normalized spacial score (nSPS) is 22.3. The molecule has 0 radical (unpaired) electrons. The van der Waals surface area contributed by atoms with Gasteiger partial charge in [0.05, 0.1) is 5.01 Å². The van der Waals surface area contributed by atoms with Gasteiger partial charge in [0.15, 0.2) is 0 Å². The van der Waals surface area contributed by atoms with E-state index < -0.39 is 0 Å². The lowest BCUT2D eigenvalue weighted by molar-refractivity contribution is 0.229. The predicted octanol–water partition coefficient (Wildman–Crippen LogP) is 2.54. The molecule has 0 aliphatic carbocycles. The monoisotopic (exact) mass is 267 g/mol. The van der Waals surface area contributed by atoms with Crippen molar-refractivity contribution >= 4 is 11.3 Å². The predicted molar refractivity (Wildman–Crippen MR) is 78.2 cm³/mol. The van der Waals surface area contributed by atoms with Crippen LogP contribution >= 0.6 is 11.3 Å². The Bertz CT molecular complexity index is 324. The Labute approximate surface area is 115 Å². The molecule has 1 aliphatic heterocycles. The second kappa shape index (κ2) is 7.22. The first-order valence-electron chi connectivity index (χ1n) is 7.11. The Balaban J connectivity index is 1.67. The Morgan fingerprint density at radius 2 is 2.33 bits per heavy atom. The fourth-order valence-corrected chi connectivity index (χ4v) is 3.22. The van der Waals surface area contributed by atoms with Gasteiger partial charge in [-0.2, -0.15) is 0 Å². The van der Waals surface area contributed by atoms with Crippen molar-refractivity contribution in [2.45, 2.75) is 51.6 Å². The van der Waals surface area contributed by atoms with Gasteiger partial charge in [-0.25, -0.2) is 4.98 Å². The standard InChI is InChI=1S/C14H25N3S/c1-12(2)17-9-3-4-13(6-10-17)15-7-5-14-16-8-11-18-14/h8,11-13,15H,3-7,9-10H2,1-2H3. The van der Waals surface area contributed by atoms with Gasteiger partial charge in [-0.15, -0.1) is 11.3 Å². The van der Waals surface area contributed by atoms with Crippen molar-refractivity contribution < 1.29 is 0 Å². The van der Waals surface area contributed by atoms with Crippen LogP contribution < -0.4 is 5.32 Å². The molecule has 1 saturated heterocycles. The Kier molecular flexibility index (Phi) is 5.60. The van der Waals surface area contributed by atoms with Crippen LogP contribution in [0.4, 0.5) is 0 Å². The van der Waals surface area contributed by atoms with Crippen molar-refractivity contribution in [3.8, 4) is 0 Å². The molecule has 1 unspecified atom stereocenters. The molecule has 0 spiro atoms. The lowest BCUT2D eigenvalue weighted by Gasteiger charge is -2.24. The molecule has 102 valence electrons. The maximum atomic E-state index is 4.32. The van der Waals surface area contributed by atoms with Crippen molar-refractivity contribution in [3.63, 3.8) is 0 Å². The molecule has 1 N–H and O–H groups in total. The largest absolute Gasteiger partial charge is 0.314 e. The first-order chi connectivity index (χ1) is 8.75. The smallest absolute Gasteiger partial charge is 0.0937 e. The molecular formula is C14H25N3S. The summed E-state index contributed by atoms with van der Waals surface area (Å²) in [6.45, 7) is 8.18. The minimum Gasteiger partial charge on any atom is -0.314 e. The SMILES string of the molecule is CC(C)N1CCCC(NCCc2nccs2)CC1. The summed E-state index contributed by atoms with van der Waals surface area (Å²) in [6.07, 6.45) is 6.90. The summed E-state index contributed by atoms with van der Waals surface area (Å²) in [5.74, 6) is 0. The number of aromatic nitrogens is 1. The van der Waals surface area contributed by atoms with Crippen LogP contribution in [0.15, 0.2) is 11.6 Å². The molecule has 1 atom stereocenters. The number of likely N-dealkylation sites (tertiary alicyclic amines) is 1. The Hall–Kier alpha value is -0.450. The molecule has 1 aliphatic rings. The molecule has 1 aromatic heterocycles. The Morgan fingerprint density at radius 3 is 3.06 bits per heavy atom. The Morgan fingerprint density at radius 1 is 1.44 bits per heavy atom. The van der Waals surface area contributed by atoms with Crippen LogP contribution in [-0.2, 0) is 6.42 Å². The summed E-state index contributed by atoms with van der Waals surface area (Å²) in [5.41, 5.74) is 0. The van der Waals surface area contributed by atoms with Gasteiger partial charge >= 0.3 is 0 Å². The zero-order valence-electron chi connectivity index (χ0n) is 11.6. The molecule has 0 amide bonds. The van der Waals surface area contributed by atoms with Crippen molar-refractivity contribution in [1.82, 2.24) is 15.2 Å². The van der Waals surface area contributed by atoms with Crippen molar-refractivity contribution in [3.05, 3.63) is 16.6 Å². The summed E-state index contributed by atoms with van der Waals surface area (Å²) in [4.78, 5) is 6.92. The van der Waals surface area contributed by atoms with Crippen LogP contribution in [0.25, 0.3) is 0 Å². The lowest BCUT2D eigenvalue weighted by atomic mass is 10.1. The summed E-state index contributed by atoms with van der Waals surface area (Å²) in [5, 5.41) is 7.01. The quantitative estimate of drug-likeness (QED) is 0.888. The number of hydrogen-bond acceptors (Lipinski definition) is 4. The number of rotatable bonds is 5. The highest BCUT2D eigenvalue weighted by Gasteiger charge is 2.17. The summed E-state index contributed by atoms with van der Waals surface area (Å²) in [7, 11) is 0. The third-order valence-electron chi connectivity index (χ3n) is 3.75. The first-order valence-corrected chi connectivity index (χ1v) is 7.99. The van der Waals surface area contributed by atoms with Crippen molar-refractivity contribution in [2.75, 3.05) is 19.6 Å².